The Labute approximate surface area is 168 Å². The molecule has 4 nitrogen and oxygen atoms in total. The van der Waals surface area contributed by atoms with E-state index in [2.05, 4.69) is 0 Å². The highest BCUT2D eigenvalue weighted by atomic mass is 32.2. The molecule has 3 aromatic rings. The molecule has 0 aliphatic carbocycles. The number of thioether (sulfide) groups is 1. The number of para-hydroxylation sites is 2. The van der Waals surface area contributed by atoms with Crippen LogP contribution in [0.2, 0.25) is 0 Å². The largest absolute Gasteiger partial charge is 0.386 e. The smallest absolute Gasteiger partial charge is 0.252 e. The molecule has 1 N–H and O–H groups in total. The number of hydrogen-bond acceptors (Lipinski definition) is 4. The van der Waals surface area contributed by atoms with Gasteiger partial charge in [-0.05, 0) is 36.8 Å². The summed E-state index contributed by atoms with van der Waals surface area (Å²) in [5.74, 6) is -0.185. The summed E-state index contributed by atoms with van der Waals surface area (Å²) in [6.07, 6.45) is -0.958. The Bertz CT molecular complexity index is 993. The van der Waals surface area contributed by atoms with Crippen molar-refractivity contribution in [1.82, 2.24) is 0 Å². The number of amidine groups is 1. The Balaban J connectivity index is 1.79. The van der Waals surface area contributed by atoms with Gasteiger partial charge in [-0.25, -0.2) is 4.99 Å². The van der Waals surface area contributed by atoms with E-state index in [1.165, 1.54) is 11.8 Å². The normalized spacial score (nSPS) is 21.9. The van der Waals surface area contributed by atoms with Crippen LogP contribution in [0.3, 0.4) is 0 Å². The highest BCUT2D eigenvalue weighted by molar-refractivity contribution is 8.16. The summed E-state index contributed by atoms with van der Waals surface area (Å²) < 4.78 is -1.08. The number of rotatable bonds is 4. The number of carbonyl (C=O) groups is 1. The van der Waals surface area contributed by atoms with E-state index < -0.39 is 10.9 Å². The van der Waals surface area contributed by atoms with Crippen LogP contribution in [-0.4, -0.2) is 20.9 Å². The van der Waals surface area contributed by atoms with Gasteiger partial charge in [0.1, 0.15) is 10.9 Å². The van der Waals surface area contributed by atoms with Crippen molar-refractivity contribution in [3.8, 4) is 0 Å². The SMILES string of the molecule is CC1(C(O)c2ccccc2)SC(=Nc2ccccc2)N(c2ccccc2)C1=O. The summed E-state index contributed by atoms with van der Waals surface area (Å²) in [6.45, 7) is 1.78. The number of carbonyl (C=O) groups excluding carboxylic acids is 1. The summed E-state index contributed by atoms with van der Waals surface area (Å²) in [4.78, 5) is 19.8. The number of aliphatic hydroxyl groups excluding tert-OH is 1. The Morgan fingerprint density at radius 1 is 0.893 bits per heavy atom. The minimum atomic E-state index is -1.08. The summed E-state index contributed by atoms with van der Waals surface area (Å²) in [6, 6.07) is 28.2. The van der Waals surface area contributed by atoms with Crippen molar-refractivity contribution in [3.63, 3.8) is 0 Å². The third kappa shape index (κ3) is 3.35. The molecule has 3 aromatic carbocycles. The van der Waals surface area contributed by atoms with Crippen LogP contribution in [-0.2, 0) is 4.79 Å². The maximum Gasteiger partial charge on any atom is 0.252 e. The lowest BCUT2D eigenvalue weighted by Gasteiger charge is -2.27. The van der Waals surface area contributed by atoms with Crippen LogP contribution in [0.25, 0.3) is 0 Å². The first-order chi connectivity index (χ1) is 13.6. The number of hydrogen-bond donors (Lipinski definition) is 1. The molecule has 1 aliphatic rings. The topological polar surface area (TPSA) is 52.9 Å². The average molecular weight is 388 g/mol. The molecular formula is C23H20N2O2S. The lowest BCUT2D eigenvalue weighted by Crippen LogP contribution is -2.41. The van der Waals surface area contributed by atoms with Crippen LogP contribution >= 0.6 is 11.8 Å². The third-order valence-corrected chi connectivity index (χ3v) is 6.03. The van der Waals surface area contributed by atoms with E-state index >= 15 is 0 Å². The molecule has 0 spiro atoms. The van der Waals surface area contributed by atoms with Gasteiger partial charge in [0.25, 0.3) is 5.91 Å². The Hall–Kier alpha value is -2.89. The second kappa shape index (κ2) is 7.62. The van der Waals surface area contributed by atoms with E-state index in [0.717, 1.165) is 11.4 Å². The fourth-order valence-electron chi connectivity index (χ4n) is 3.20. The first kappa shape index (κ1) is 18.5. The van der Waals surface area contributed by atoms with Gasteiger partial charge < -0.3 is 5.11 Å². The molecule has 1 aliphatic heterocycles. The number of amides is 1. The molecule has 0 radical (unpaired) electrons. The highest BCUT2D eigenvalue weighted by Gasteiger charge is 2.53. The van der Waals surface area contributed by atoms with Crippen LogP contribution in [0, 0.1) is 0 Å². The zero-order chi connectivity index (χ0) is 19.6. The number of nitrogens with zero attached hydrogens (tertiary/aromatic N) is 2. The fraction of sp³-hybridized carbons (Fsp3) is 0.130. The van der Waals surface area contributed by atoms with Gasteiger partial charge >= 0.3 is 0 Å². The van der Waals surface area contributed by atoms with Crippen molar-refractivity contribution < 1.29 is 9.90 Å². The molecule has 2 unspecified atom stereocenters. The van der Waals surface area contributed by atoms with Crippen LogP contribution in [0.1, 0.15) is 18.6 Å². The molecule has 2 atom stereocenters. The maximum atomic E-state index is 13.5. The van der Waals surface area contributed by atoms with Gasteiger partial charge in [-0.15, -0.1) is 0 Å². The first-order valence-electron chi connectivity index (χ1n) is 9.05. The summed E-state index contributed by atoms with van der Waals surface area (Å²) in [5.41, 5.74) is 2.20. The van der Waals surface area contributed by atoms with Crippen LogP contribution in [0.5, 0.6) is 0 Å². The number of anilines is 1. The molecule has 0 aromatic heterocycles. The lowest BCUT2D eigenvalue weighted by molar-refractivity contribution is -0.121. The number of aliphatic hydroxyl groups is 1. The molecule has 1 fully saturated rings. The number of aliphatic imine (C=N–C) groups is 1. The van der Waals surface area contributed by atoms with Crippen molar-refractivity contribution in [2.75, 3.05) is 4.90 Å². The molecule has 4 rings (SSSR count). The van der Waals surface area contributed by atoms with Crippen molar-refractivity contribution in [3.05, 3.63) is 96.6 Å². The minimum Gasteiger partial charge on any atom is -0.386 e. The van der Waals surface area contributed by atoms with Crippen molar-refractivity contribution in [2.45, 2.75) is 17.8 Å². The highest BCUT2D eigenvalue weighted by Crippen LogP contribution is 2.47. The molecule has 28 heavy (non-hydrogen) atoms. The van der Waals surface area contributed by atoms with Gasteiger partial charge in [0, 0.05) is 0 Å². The zero-order valence-corrected chi connectivity index (χ0v) is 16.2. The quantitative estimate of drug-likeness (QED) is 0.688. The van der Waals surface area contributed by atoms with Gasteiger partial charge in [0.15, 0.2) is 5.17 Å². The fourth-order valence-corrected chi connectivity index (χ4v) is 4.44. The molecule has 140 valence electrons. The van der Waals surface area contributed by atoms with E-state index in [1.807, 2.05) is 91.0 Å². The molecule has 1 amide bonds. The van der Waals surface area contributed by atoms with E-state index in [4.69, 9.17) is 4.99 Å². The molecule has 1 saturated heterocycles. The molecule has 5 heteroatoms. The molecule has 0 bridgehead atoms. The lowest BCUT2D eigenvalue weighted by atomic mass is 9.95. The Morgan fingerprint density at radius 3 is 2.04 bits per heavy atom. The standard InChI is InChI=1S/C23H20N2O2S/c1-23(20(26)17-11-5-2-6-12-17)21(27)25(19-15-9-4-10-16-19)22(28-23)24-18-13-7-3-8-14-18/h2-16,20,26H,1H3. The summed E-state index contributed by atoms with van der Waals surface area (Å²) in [5, 5.41) is 11.6. The zero-order valence-electron chi connectivity index (χ0n) is 15.4. The first-order valence-corrected chi connectivity index (χ1v) is 9.86. The molecule has 0 saturated carbocycles. The van der Waals surface area contributed by atoms with Crippen LogP contribution in [0.15, 0.2) is 96.0 Å². The summed E-state index contributed by atoms with van der Waals surface area (Å²) in [7, 11) is 0. The van der Waals surface area contributed by atoms with E-state index in [0.29, 0.717) is 10.7 Å². The third-order valence-electron chi connectivity index (χ3n) is 4.75. The van der Waals surface area contributed by atoms with Gasteiger partial charge in [0.05, 0.1) is 11.4 Å². The van der Waals surface area contributed by atoms with Gasteiger partial charge in [-0.2, -0.15) is 0 Å². The monoisotopic (exact) mass is 388 g/mol. The number of benzene rings is 3. The minimum absolute atomic E-state index is 0.185. The predicted molar refractivity (Wildman–Crippen MR) is 115 cm³/mol. The van der Waals surface area contributed by atoms with Crippen molar-refractivity contribution in [2.24, 2.45) is 4.99 Å². The van der Waals surface area contributed by atoms with Gasteiger partial charge in [0.2, 0.25) is 0 Å². The second-order valence-electron chi connectivity index (χ2n) is 6.73. The van der Waals surface area contributed by atoms with Crippen LogP contribution in [0.4, 0.5) is 11.4 Å². The van der Waals surface area contributed by atoms with Crippen molar-refractivity contribution in [1.29, 1.82) is 0 Å². The predicted octanol–water partition coefficient (Wildman–Crippen LogP) is 4.95. The van der Waals surface area contributed by atoms with E-state index in [-0.39, 0.29) is 5.91 Å². The average Bonchev–Trinajstić information content (AvgIpc) is 3.00. The van der Waals surface area contributed by atoms with E-state index in [1.54, 1.807) is 11.8 Å². The van der Waals surface area contributed by atoms with Gasteiger partial charge in [-0.1, -0.05) is 78.5 Å². The molecular weight excluding hydrogens is 368 g/mol. The maximum absolute atomic E-state index is 13.5. The van der Waals surface area contributed by atoms with E-state index in [9.17, 15) is 9.90 Å². The Morgan fingerprint density at radius 2 is 1.43 bits per heavy atom. The second-order valence-corrected chi connectivity index (χ2v) is 8.15. The summed E-state index contributed by atoms with van der Waals surface area (Å²) >= 11 is 1.30. The van der Waals surface area contributed by atoms with Crippen molar-refractivity contribution >= 4 is 34.2 Å². The molecule has 1 heterocycles. The van der Waals surface area contributed by atoms with Crippen LogP contribution < -0.4 is 4.90 Å². The van der Waals surface area contributed by atoms with Gasteiger partial charge in [-0.3, -0.25) is 9.69 Å². The Kier molecular flexibility index (Phi) is 5.03.